The molecular formula is C10H12BrNO3S. The number of aliphatic hydroxyl groups is 1. The van der Waals surface area contributed by atoms with Crippen LogP contribution in [-0.2, 0) is 10.0 Å². The molecule has 4 nitrogen and oxygen atoms in total. The van der Waals surface area contributed by atoms with Gasteiger partial charge in [-0.15, -0.1) is 0 Å². The number of nitrogens with zero attached hydrogens (tertiary/aromatic N) is 1. The monoisotopic (exact) mass is 305 g/mol. The van der Waals surface area contributed by atoms with Crippen LogP contribution in [0.3, 0.4) is 0 Å². The smallest absolute Gasteiger partial charge is 0.243 e. The number of benzene rings is 1. The fourth-order valence-corrected chi connectivity index (χ4v) is 3.39. The summed E-state index contributed by atoms with van der Waals surface area (Å²) in [4.78, 5) is 0.278. The summed E-state index contributed by atoms with van der Waals surface area (Å²) >= 11 is 3.33. The summed E-state index contributed by atoms with van der Waals surface area (Å²) in [5, 5.41) is 9.11. The SMILES string of the molecule is Cc1cc(S(=O)(=O)N2CC(O)C2)ccc1Br. The van der Waals surface area contributed by atoms with Gasteiger partial charge in [-0.3, -0.25) is 0 Å². The largest absolute Gasteiger partial charge is 0.390 e. The van der Waals surface area contributed by atoms with Gasteiger partial charge in [0.1, 0.15) is 0 Å². The Kier molecular flexibility index (Phi) is 3.09. The van der Waals surface area contributed by atoms with Crippen LogP contribution in [0.15, 0.2) is 27.6 Å². The fourth-order valence-electron chi connectivity index (χ4n) is 1.54. The number of hydrogen-bond acceptors (Lipinski definition) is 3. The molecule has 1 aliphatic heterocycles. The van der Waals surface area contributed by atoms with Crippen LogP contribution in [-0.4, -0.2) is 37.0 Å². The Morgan fingerprint density at radius 1 is 1.44 bits per heavy atom. The predicted molar refractivity (Wildman–Crippen MR) is 63.6 cm³/mol. The minimum atomic E-state index is -3.42. The van der Waals surface area contributed by atoms with Crippen LogP contribution in [0.4, 0.5) is 0 Å². The van der Waals surface area contributed by atoms with Gasteiger partial charge in [-0.1, -0.05) is 15.9 Å². The number of rotatable bonds is 2. The minimum absolute atomic E-state index is 0.192. The molecule has 2 rings (SSSR count). The third-order valence-corrected chi connectivity index (χ3v) is 5.31. The summed E-state index contributed by atoms with van der Waals surface area (Å²) in [5.41, 5.74) is 0.877. The molecule has 1 N–H and O–H groups in total. The average molecular weight is 306 g/mol. The maximum Gasteiger partial charge on any atom is 0.243 e. The van der Waals surface area contributed by atoms with Gasteiger partial charge >= 0.3 is 0 Å². The molecule has 0 unspecified atom stereocenters. The van der Waals surface area contributed by atoms with E-state index in [1.54, 1.807) is 18.2 Å². The van der Waals surface area contributed by atoms with Crippen molar-refractivity contribution in [2.24, 2.45) is 0 Å². The minimum Gasteiger partial charge on any atom is -0.390 e. The first-order valence-electron chi connectivity index (χ1n) is 4.85. The van der Waals surface area contributed by atoms with Crippen molar-refractivity contribution in [3.63, 3.8) is 0 Å². The molecule has 0 aliphatic carbocycles. The number of sulfonamides is 1. The Balaban J connectivity index is 2.33. The van der Waals surface area contributed by atoms with E-state index in [0.29, 0.717) is 0 Å². The number of aryl methyl sites for hydroxylation is 1. The van der Waals surface area contributed by atoms with Crippen molar-refractivity contribution in [3.05, 3.63) is 28.2 Å². The zero-order chi connectivity index (χ0) is 11.9. The Morgan fingerprint density at radius 3 is 2.56 bits per heavy atom. The van der Waals surface area contributed by atoms with E-state index < -0.39 is 16.1 Å². The zero-order valence-electron chi connectivity index (χ0n) is 8.72. The summed E-state index contributed by atoms with van der Waals surface area (Å²) in [6.07, 6.45) is -0.522. The molecule has 1 aliphatic rings. The van der Waals surface area contributed by atoms with E-state index in [1.807, 2.05) is 6.92 Å². The van der Waals surface area contributed by atoms with Crippen molar-refractivity contribution in [2.45, 2.75) is 17.9 Å². The number of hydrogen-bond donors (Lipinski definition) is 1. The molecule has 0 radical (unpaired) electrons. The highest BCUT2D eigenvalue weighted by atomic mass is 79.9. The van der Waals surface area contributed by atoms with Crippen molar-refractivity contribution < 1.29 is 13.5 Å². The number of halogens is 1. The van der Waals surface area contributed by atoms with E-state index in [-0.39, 0.29) is 18.0 Å². The Morgan fingerprint density at radius 2 is 2.06 bits per heavy atom. The van der Waals surface area contributed by atoms with Crippen molar-refractivity contribution in [1.29, 1.82) is 0 Å². The molecule has 0 spiro atoms. The van der Waals surface area contributed by atoms with E-state index in [4.69, 9.17) is 5.11 Å². The van der Waals surface area contributed by atoms with Gasteiger partial charge in [0.15, 0.2) is 0 Å². The maximum absolute atomic E-state index is 12.0. The van der Waals surface area contributed by atoms with Gasteiger partial charge in [0.2, 0.25) is 10.0 Å². The molecule has 1 aromatic rings. The zero-order valence-corrected chi connectivity index (χ0v) is 11.1. The highest BCUT2D eigenvalue weighted by Gasteiger charge is 2.35. The van der Waals surface area contributed by atoms with Crippen molar-refractivity contribution in [2.75, 3.05) is 13.1 Å². The second kappa shape index (κ2) is 4.10. The quantitative estimate of drug-likeness (QED) is 0.891. The summed E-state index contributed by atoms with van der Waals surface area (Å²) in [7, 11) is -3.42. The third-order valence-electron chi connectivity index (χ3n) is 2.60. The van der Waals surface area contributed by atoms with Crippen LogP contribution in [0.2, 0.25) is 0 Å². The summed E-state index contributed by atoms with van der Waals surface area (Å²) in [6.45, 7) is 2.23. The predicted octanol–water partition coefficient (Wildman–Crippen LogP) is 1.12. The second-order valence-electron chi connectivity index (χ2n) is 3.89. The van der Waals surface area contributed by atoms with E-state index in [2.05, 4.69) is 15.9 Å². The molecular weight excluding hydrogens is 294 g/mol. The number of β-amino-alcohol motifs (C(OH)–C–C–N with tert-alkyl or cyclic N) is 1. The van der Waals surface area contributed by atoms with E-state index >= 15 is 0 Å². The second-order valence-corrected chi connectivity index (χ2v) is 6.68. The first-order chi connectivity index (χ1) is 7.41. The Labute approximate surface area is 103 Å². The molecule has 0 bridgehead atoms. The van der Waals surface area contributed by atoms with Crippen LogP contribution in [0, 0.1) is 6.92 Å². The molecule has 1 heterocycles. The van der Waals surface area contributed by atoms with Gasteiger partial charge < -0.3 is 5.11 Å². The average Bonchev–Trinajstić information content (AvgIpc) is 2.17. The Bertz CT molecular complexity index is 509. The highest BCUT2D eigenvalue weighted by Crippen LogP contribution is 2.25. The highest BCUT2D eigenvalue weighted by molar-refractivity contribution is 9.10. The summed E-state index contributed by atoms with van der Waals surface area (Å²) < 4.78 is 26.2. The first-order valence-corrected chi connectivity index (χ1v) is 7.09. The van der Waals surface area contributed by atoms with E-state index in [0.717, 1.165) is 10.0 Å². The standard InChI is InChI=1S/C10H12BrNO3S/c1-7-4-9(2-3-10(7)11)16(14,15)12-5-8(13)6-12/h2-4,8,13H,5-6H2,1H3. The molecule has 1 fully saturated rings. The van der Waals surface area contributed by atoms with Gasteiger partial charge in [0, 0.05) is 17.6 Å². The van der Waals surface area contributed by atoms with Crippen molar-refractivity contribution >= 4 is 26.0 Å². The molecule has 1 saturated heterocycles. The molecule has 1 aromatic carbocycles. The summed E-state index contributed by atoms with van der Waals surface area (Å²) in [6, 6.07) is 4.92. The van der Waals surface area contributed by atoms with Crippen LogP contribution in [0.5, 0.6) is 0 Å². The Hall–Kier alpha value is -0.430. The number of aliphatic hydroxyl groups excluding tert-OH is 1. The van der Waals surface area contributed by atoms with E-state index in [9.17, 15) is 8.42 Å². The van der Waals surface area contributed by atoms with Crippen molar-refractivity contribution in [1.82, 2.24) is 4.31 Å². The van der Waals surface area contributed by atoms with Gasteiger partial charge in [-0.2, -0.15) is 4.31 Å². The first kappa shape index (κ1) is 12.0. The van der Waals surface area contributed by atoms with Gasteiger partial charge in [0.25, 0.3) is 0 Å². The topological polar surface area (TPSA) is 57.6 Å². The van der Waals surface area contributed by atoms with Crippen LogP contribution < -0.4 is 0 Å². The van der Waals surface area contributed by atoms with E-state index in [1.165, 1.54) is 4.31 Å². The van der Waals surface area contributed by atoms with Gasteiger partial charge in [-0.25, -0.2) is 8.42 Å². The maximum atomic E-state index is 12.0. The van der Waals surface area contributed by atoms with Gasteiger partial charge in [0.05, 0.1) is 11.0 Å². The fraction of sp³-hybridized carbons (Fsp3) is 0.400. The molecule has 6 heteroatoms. The van der Waals surface area contributed by atoms with Gasteiger partial charge in [-0.05, 0) is 30.7 Å². The lowest BCUT2D eigenvalue weighted by molar-refractivity contribution is 0.0548. The third kappa shape index (κ3) is 2.02. The lowest BCUT2D eigenvalue weighted by Gasteiger charge is -2.34. The normalized spacial score (nSPS) is 18.4. The molecule has 0 atom stereocenters. The molecule has 0 amide bonds. The molecule has 0 aromatic heterocycles. The molecule has 16 heavy (non-hydrogen) atoms. The summed E-state index contributed by atoms with van der Waals surface area (Å²) in [5.74, 6) is 0. The van der Waals surface area contributed by atoms with Crippen molar-refractivity contribution in [3.8, 4) is 0 Å². The molecule has 0 saturated carbocycles. The van der Waals surface area contributed by atoms with Crippen LogP contribution >= 0.6 is 15.9 Å². The lowest BCUT2D eigenvalue weighted by Crippen LogP contribution is -2.53. The molecule has 88 valence electrons. The van der Waals surface area contributed by atoms with Crippen LogP contribution in [0.1, 0.15) is 5.56 Å². The van der Waals surface area contributed by atoms with Crippen LogP contribution in [0.25, 0.3) is 0 Å². The lowest BCUT2D eigenvalue weighted by atomic mass is 10.2.